The molecular weight excluding hydrogens is 332 g/mol. The van der Waals surface area contributed by atoms with Crippen molar-refractivity contribution in [2.24, 2.45) is 5.92 Å². The van der Waals surface area contributed by atoms with Gasteiger partial charge in [0.15, 0.2) is 5.11 Å². The molecule has 1 aromatic carbocycles. The van der Waals surface area contributed by atoms with E-state index < -0.39 is 0 Å². The van der Waals surface area contributed by atoms with Gasteiger partial charge in [-0.2, -0.15) is 0 Å². The van der Waals surface area contributed by atoms with E-state index in [2.05, 4.69) is 30.6 Å². The van der Waals surface area contributed by atoms with E-state index in [1.54, 1.807) is 12.1 Å². The van der Waals surface area contributed by atoms with Gasteiger partial charge < -0.3 is 10.1 Å². The fraction of sp³-hybridized carbons (Fsp3) is 0.500. The van der Waals surface area contributed by atoms with Crippen LogP contribution in [0.25, 0.3) is 0 Å². The maximum Gasteiger partial charge on any atom is 0.257 e. The highest BCUT2D eigenvalue weighted by Gasteiger charge is 2.09. The minimum absolute atomic E-state index is 0.204. The molecule has 5 heteroatoms. The summed E-state index contributed by atoms with van der Waals surface area (Å²) in [6.07, 6.45) is 8.27. The summed E-state index contributed by atoms with van der Waals surface area (Å²) in [6.45, 7) is 5.62. The number of allylic oxidation sites excluding steroid dienone is 1. The zero-order valence-electron chi connectivity index (χ0n) is 15.1. The highest BCUT2D eigenvalue weighted by Crippen LogP contribution is 2.19. The van der Waals surface area contributed by atoms with Crippen LogP contribution in [0.1, 0.15) is 56.3 Å². The first-order chi connectivity index (χ1) is 12.0. The summed E-state index contributed by atoms with van der Waals surface area (Å²) in [6, 6.07) is 7.12. The number of hydrogen-bond acceptors (Lipinski definition) is 3. The number of rotatable bonds is 7. The lowest BCUT2D eigenvalue weighted by molar-refractivity contribution is 0.0976. The quantitative estimate of drug-likeness (QED) is 0.565. The smallest absolute Gasteiger partial charge is 0.257 e. The van der Waals surface area contributed by atoms with Crippen LogP contribution >= 0.6 is 12.2 Å². The van der Waals surface area contributed by atoms with Gasteiger partial charge in [0.25, 0.3) is 5.91 Å². The normalized spacial score (nSPS) is 14.0. The minimum atomic E-state index is -0.204. The monoisotopic (exact) mass is 360 g/mol. The molecule has 1 aliphatic rings. The zero-order chi connectivity index (χ0) is 18.1. The van der Waals surface area contributed by atoms with E-state index in [1.807, 2.05) is 12.1 Å². The number of ether oxygens (including phenoxy) is 1. The summed E-state index contributed by atoms with van der Waals surface area (Å²) in [4.78, 5) is 12.2. The lowest BCUT2D eigenvalue weighted by Gasteiger charge is -2.14. The molecule has 0 spiro atoms. The summed E-state index contributed by atoms with van der Waals surface area (Å²) < 4.78 is 5.62. The average molecular weight is 361 g/mol. The van der Waals surface area contributed by atoms with Gasteiger partial charge in [-0.3, -0.25) is 10.1 Å². The van der Waals surface area contributed by atoms with Crippen LogP contribution in [0.4, 0.5) is 0 Å². The van der Waals surface area contributed by atoms with Crippen LogP contribution in [0, 0.1) is 5.92 Å². The summed E-state index contributed by atoms with van der Waals surface area (Å²) in [5.74, 6) is 1.03. The molecule has 25 heavy (non-hydrogen) atoms. The van der Waals surface area contributed by atoms with E-state index in [0.29, 0.717) is 23.2 Å². The maximum absolute atomic E-state index is 12.2. The first-order valence-electron chi connectivity index (χ1n) is 9.04. The molecule has 1 amide bonds. The van der Waals surface area contributed by atoms with Gasteiger partial charge in [-0.15, -0.1) is 0 Å². The van der Waals surface area contributed by atoms with Crippen LogP contribution < -0.4 is 15.4 Å². The second-order valence-electron chi connectivity index (χ2n) is 6.80. The van der Waals surface area contributed by atoms with Gasteiger partial charge in [-0.25, -0.2) is 0 Å². The molecule has 1 aromatic rings. The van der Waals surface area contributed by atoms with Gasteiger partial charge in [0.2, 0.25) is 0 Å². The molecule has 0 heterocycles. The van der Waals surface area contributed by atoms with Crippen molar-refractivity contribution < 1.29 is 9.53 Å². The van der Waals surface area contributed by atoms with Gasteiger partial charge in [-0.1, -0.05) is 25.5 Å². The van der Waals surface area contributed by atoms with Crippen LogP contribution in [0.15, 0.2) is 35.9 Å². The summed E-state index contributed by atoms with van der Waals surface area (Å²) >= 11 is 5.21. The van der Waals surface area contributed by atoms with Crippen molar-refractivity contribution in [2.75, 3.05) is 13.2 Å². The first kappa shape index (κ1) is 19.4. The largest absolute Gasteiger partial charge is 0.493 e. The molecule has 0 saturated carbocycles. The lowest BCUT2D eigenvalue weighted by atomic mass is 9.97. The highest BCUT2D eigenvalue weighted by atomic mass is 32.1. The van der Waals surface area contributed by atoms with Crippen molar-refractivity contribution in [2.45, 2.75) is 46.0 Å². The van der Waals surface area contributed by atoms with Gasteiger partial charge in [0, 0.05) is 12.1 Å². The first-order valence-corrected chi connectivity index (χ1v) is 9.45. The van der Waals surface area contributed by atoms with Crippen molar-refractivity contribution >= 4 is 23.2 Å². The van der Waals surface area contributed by atoms with Crippen LogP contribution in [-0.2, 0) is 0 Å². The Morgan fingerprint density at radius 1 is 1.24 bits per heavy atom. The van der Waals surface area contributed by atoms with Gasteiger partial charge in [-0.05, 0) is 74.5 Å². The summed E-state index contributed by atoms with van der Waals surface area (Å²) in [7, 11) is 0. The molecule has 0 radical (unpaired) electrons. The Morgan fingerprint density at radius 3 is 2.64 bits per heavy atom. The Labute approximate surface area is 156 Å². The number of benzene rings is 1. The van der Waals surface area contributed by atoms with E-state index in [1.165, 1.54) is 31.3 Å². The lowest BCUT2D eigenvalue weighted by Crippen LogP contribution is -2.39. The van der Waals surface area contributed by atoms with Crippen molar-refractivity contribution in [3.63, 3.8) is 0 Å². The fourth-order valence-corrected chi connectivity index (χ4v) is 2.85. The minimum Gasteiger partial charge on any atom is -0.493 e. The summed E-state index contributed by atoms with van der Waals surface area (Å²) in [5.41, 5.74) is 2.06. The summed E-state index contributed by atoms with van der Waals surface area (Å²) in [5, 5.41) is 6.21. The molecule has 136 valence electrons. The SMILES string of the molecule is CC(C)COc1ccc(C(=O)NC(=S)NCCC2=CCCCC2)cc1. The Bertz CT molecular complexity index is 609. The molecular formula is C20H28N2O2S. The molecule has 4 nitrogen and oxygen atoms in total. The molecule has 0 atom stereocenters. The van der Waals surface area contributed by atoms with Gasteiger partial charge >= 0.3 is 0 Å². The molecule has 0 fully saturated rings. The van der Waals surface area contributed by atoms with Gasteiger partial charge in [0.05, 0.1) is 6.61 Å². The highest BCUT2D eigenvalue weighted by molar-refractivity contribution is 7.80. The number of nitrogens with one attached hydrogen (secondary N) is 2. The van der Waals surface area contributed by atoms with E-state index in [9.17, 15) is 4.79 Å². The van der Waals surface area contributed by atoms with Crippen LogP contribution in [0.2, 0.25) is 0 Å². The Hall–Kier alpha value is -1.88. The van der Waals surface area contributed by atoms with Crippen LogP contribution in [-0.4, -0.2) is 24.2 Å². The van der Waals surface area contributed by atoms with Crippen molar-refractivity contribution in [3.8, 4) is 5.75 Å². The number of hydrogen-bond donors (Lipinski definition) is 2. The van der Waals surface area contributed by atoms with Crippen LogP contribution in [0.5, 0.6) is 5.75 Å². The Balaban J connectivity index is 1.72. The van der Waals surface area contributed by atoms with Crippen molar-refractivity contribution in [3.05, 3.63) is 41.5 Å². The van der Waals surface area contributed by atoms with Crippen molar-refractivity contribution in [1.82, 2.24) is 10.6 Å². The molecule has 0 aliphatic heterocycles. The van der Waals surface area contributed by atoms with Crippen LogP contribution in [0.3, 0.4) is 0 Å². The number of carbonyl (C=O) groups is 1. The predicted octanol–water partition coefficient (Wildman–Crippen LogP) is 4.22. The number of carbonyl (C=O) groups excluding carboxylic acids is 1. The molecule has 2 N–H and O–H groups in total. The Kier molecular flexibility index (Phi) is 7.92. The Morgan fingerprint density at radius 2 is 2.00 bits per heavy atom. The number of thiocarbonyl (C=S) groups is 1. The fourth-order valence-electron chi connectivity index (χ4n) is 2.65. The zero-order valence-corrected chi connectivity index (χ0v) is 16.0. The molecule has 0 unspecified atom stereocenters. The maximum atomic E-state index is 12.2. The van der Waals surface area contributed by atoms with E-state index in [4.69, 9.17) is 17.0 Å². The second kappa shape index (κ2) is 10.2. The number of amides is 1. The third kappa shape index (κ3) is 7.26. The molecule has 0 bridgehead atoms. The molecule has 0 aromatic heterocycles. The predicted molar refractivity (Wildman–Crippen MR) is 106 cm³/mol. The van der Waals surface area contributed by atoms with E-state index in [0.717, 1.165) is 18.7 Å². The van der Waals surface area contributed by atoms with Gasteiger partial charge in [0.1, 0.15) is 5.75 Å². The molecule has 2 rings (SSSR count). The van der Waals surface area contributed by atoms with E-state index in [-0.39, 0.29) is 5.91 Å². The molecule has 0 saturated heterocycles. The standard InChI is InChI=1S/C20H28N2O2S/c1-15(2)14-24-18-10-8-17(9-11-18)19(23)22-20(25)21-13-12-16-6-4-3-5-7-16/h6,8-11,15H,3-5,7,12-14H2,1-2H3,(H2,21,22,23,25). The second-order valence-corrected chi connectivity index (χ2v) is 7.21. The topological polar surface area (TPSA) is 50.4 Å². The van der Waals surface area contributed by atoms with E-state index >= 15 is 0 Å². The van der Waals surface area contributed by atoms with Crippen molar-refractivity contribution in [1.29, 1.82) is 0 Å². The average Bonchev–Trinajstić information content (AvgIpc) is 2.61. The third-order valence-electron chi connectivity index (χ3n) is 4.04. The molecule has 1 aliphatic carbocycles. The third-order valence-corrected chi connectivity index (χ3v) is 4.29.